The van der Waals surface area contributed by atoms with Crippen molar-refractivity contribution in [2.45, 2.75) is 0 Å². The van der Waals surface area contributed by atoms with E-state index in [0.29, 0.717) is 27.2 Å². The fourth-order valence-corrected chi connectivity index (χ4v) is 2.70. The van der Waals surface area contributed by atoms with Crippen molar-refractivity contribution in [3.05, 3.63) is 70.5 Å². The summed E-state index contributed by atoms with van der Waals surface area (Å²) in [5.41, 5.74) is 1.47. The number of aromatic nitrogens is 2. The van der Waals surface area contributed by atoms with Crippen molar-refractivity contribution in [3.8, 4) is 5.75 Å². The first-order valence-corrected chi connectivity index (χ1v) is 8.30. The number of hydrogen-bond acceptors (Lipinski definition) is 5. The van der Waals surface area contributed by atoms with Crippen LogP contribution in [-0.4, -0.2) is 23.0 Å². The number of amides is 1. The van der Waals surface area contributed by atoms with Gasteiger partial charge in [-0.25, -0.2) is 9.97 Å². The number of nitrogens with one attached hydrogen (secondary N) is 2. The second-order valence-electron chi connectivity index (χ2n) is 5.23. The summed E-state index contributed by atoms with van der Waals surface area (Å²) in [4.78, 5) is 20.7. The highest BCUT2D eigenvalue weighted by Crippen LogP contribution is 2.24. The summed E-state index contributed by atoms with van der Waals surface area (Å²) in [7, 11) is 1.58. The Morgan fingerprint density at radius 3 is 2.35 bits per heavy atom. The molecule has 0 aliphatic rings. The van der Waals surface area contributed by atoms with Crippen LogP contribution in [-0.2, 0) is 0 Å². The minimum atomic E-state index is -0.357. The van der Waals surface area contributed by atoms with Gasteiger partial charge in [-0.2, -0.15) is 0 Å². The number of carbonyl (C=O) groups is 1. The highest BCUT2D eigenvalue weighted by Gasteiger charge is 2.10. The lowest BCUT2D eigenvalue weighted by atomic mass is 10.3. The monoisotopic (exact) mass is 388 g/mol. The van der Waals surface area contributed by atoms with Crippen molar-refractivity contribution in [1.82, 2.24) is 9.97 Å². The van der Waals surface area contributed by atoms with Crippen molar-refractivity contribution in [1.29, 1.82) is 0 Å². The molecule has 2 aromatic carbocycles. The molecule has 8 heteroatoms. The quantitative estimate of drug-likeness (QED) is 0.656. The molecule has 1 amide bonds. The number of carbonyl (C=O) groups excluding carboxylic acids is 1. The third-order valence-electron chi connectivity index (χ3n) is 3.35. The maximum atomic E-state index is 12.4. The van der Waals surface area contributed by atoms with Crippen LogP contribution in [0.3, 0.4) is 0 Å². The molecule has 0 radical (unpaired) electrons. The Bertz CT molecular complexity index is 912. The van der Waals surface area contributed by atoms with Gasteiger partial charge in [0.05, 0.1) is 7.11 Å². The summed E-state index contributed by atoms with van der Waals surface area (Å²) in [6.07, 6.45) is 1.49. The van der Waals surface area contributed by atoms with Crippen molar-refractivity contribution in [2.24, 2.45) is 0 Å². The minimum absolute atomic E-state index is 0.214. The van der Waals surface area contributed by atoms with Crippen LogP contribution >= 0.6 is 23.2 Å². The number of hydrogen-bond donors (Lipinski definition) is 2. The molecule has 26 heavy (non-hydrogen) atoms. The Balaban J connectivity index is 1.74. The fraction of sp³-hybridized carbons (Fsp3) is 0.0556. The average molecular weight is 389 g/mol. The van der Waals surface area contributed by atoms with E-state index in [-0.39, 0.29) is 17.5 Å². The summed E-state index contributed by atoms with van der Waals surface area (Å²) in [6.45, 7) is 0. The lowest BCUT2D eigenvalue weighted by Gasteiger charge is -2.08. The standard InChI is InChI=1S/C18H14Cl2N4O2/c1-26-15-4-2-13(3-5-15)22-17(25)16-6-7-21-18(24-16)23-14-9-11(19)8-12(20)10-14/h2-10H,1H3,(H,22,25)(H,21,23,24). The molecule has 0 saturated heterocycles. The summed E-state index contributed by atoms with van der Waals surface area (Å²) in [6, 6.07) is 13.5. The molecule has 3 aromatic rings. The Hall–Kier alpha value is -2.83. The molecule has 1 aromatic heterocycles. The van der Waals surface area contributed by atoms with Gasteiger partial charge in [0, 0.05) is 27.6 Å². The molecular weight excluding hydrogens is 375 g/mol. The summed E-state index contributed by atoms with van der Waals surface area (Å²) < 4.78 is 5.09. The minimum Gasteiger partial charge on any atom is -0.497 e. The van der Waals surface area contributed by atoms with Crippen LogP contribution in [0.5, 0.6) is 5.75 Å². The third-order valence-corrected chi connectivity index (χ3v) is 3.79. The lowest BCUT2D eigenvalue weighted by molar-refractivity contribution is 0.102. The number of benzene rings is 2. The van der Waals surface area contributed by atoms with Crippen LogP contribution in [0.15, 0.2) is 54.7 Å². The highest BCUT2D eigenvalue weighted by molar-refractivity contribution is 6.35. The Labute approximate surface area is 160 Å². The molecule has 0 fully saturated rings. The number of anilines is 3. The molecule has 132 valence electrons. The summed E-state index contributed by atoms with van der Waals surface area (Å²) >= 11 is 11.9. The SMILES string of the molecule is COc1ccc(NC(=O)c2ccnc(Nc3cc(Cl)cc(Cl)c3)n2)cc1. The number of methoxy groups -OCH3 is 1. The molecule has 1 heterocycles. The molecule has 0 aliphatic heterocycles. The molecular formula is C18H14Cl2N4O2. The first-order chi connectivity index (χ1) is 12.5. The molecule has 0 aliphatic carbocycles. The van der Waals surface area contributed by atoms with Crippen molar-refractivity contribution < 1.29 is 9.53 Å². The van der Waals surface area contributed by atoms with Gasteiger partial charge in [-0.15, -0.1) is 0 Å². The number of nitrogens with zero attached hydrogens (tertiary/aromatic N) is 2. The molecule has 2 N–H and O–H groups in total. The lowest BCUT2D eigenvalue weighted by Crippen LogP contribution is -2.14. The van der Waals surface area contributed by atoms with Crippen molar-refractivity contribution in [3.63, 3.8) is 0 Å². The van der Waals surface area contributed by atoms with Crippen molar-refractivity contribution in [2.75, 3.05) is 17.7 Å². The van der Waals surface area contributed by atoms with E-state index in [4.69, 9.17) is 27.9 Å². The van der Waals surface area contributed by atoms with Crippen LogP contribution in [0.1, 0.15) is 10.5 Å². The van der Waals surface area contributed by atoms with Gasteiger partial charge in [0.25, 0.3) is 5.91 Å². The first kappa shape index (κ1) is 18.0. The van der Waals surface area contributed by atoms with E-state index < -0.39 is 0 Å². The van der Waals surface area contributed by atoms with Crippen LogP contribution in [0.4, 0.5) is 17.3 Å². The van der Waals surface area contributed by atoms with E-state index in [2.05, 4.69) is 20.6 Å². The van der Waals surface area contributed by atoms with E-state index in [0.717, 1.165) is 0 Å². The smallest absolute Gasteiger partial charge is 0.274 e. The summed E-state index contributed by atoms with van der Waals surface area (Å²) in [5, 5.41) is 6.70. The Morgan fingerprint density at radius 2 is 1.69 bits per heavy atom. The highest BCUT2D eigenvalue weighted by atomic mass is 35.5. The second-order valence-corrected chi connectivity index (χ2v) is 6.10. The van der Waals surface area contributed by atoms with Gasteiger partial charge in [-0.1, -0.05) is 23.2 Å². The second kappa shape index (κ2) is 8.03. The fourth-order valence-electron chi connectivity index (χ4n) is 2.17. The molecule has 0 unspecified atom stereocenters. The molecule has 3 rings (SSSR count). The molecule has 0 atom stereocenters. The maximum absolute atomic E-state index is 12.4. The maximum Gasteiger partial charge on any atom is 0.274 e. The van der Waals surface area contributed by atoms with Gasteiger partial charge in [-0.3, -0.25) is 4.79 Å². The summed E-state index contributed by atoms with van der Waals surface area (Å²) in [5.74, 6) is 0.604. The third kappa shape index (κ3) is 4.62. The van der Waals surface area contributed by atoms with Gasteiger partial charge in [0.15, 0.2) is 0 Å². The zero-order valence-electron chi connectivity index (χ0n) is 13.7. The number of ether oxygens (including phenoxy) is 1. The van der Waals surface area contributed by atoms with Gasteiger partial charge >= 0.3 is 0 Å². The van der Waals surface area contributed by atoms with E-state index in [9.17, 15) is 4.79 Å². The normalized spacial score (nSPS) is 10.3. The van der Waals surface area contributed by atoms with Crippen LogP contribution in [0.25, 0.3) is 0 Å². The average Bonchev–Trinajstić information content (AvgIpc) is 2.61. The van der Waals surface area contributed by atoms with E-state index in [1.807, 2.05) is 0 Å². The number of halogens is 2. The van der Waals surface area contributed by atoms with Crippen LogP contribution in [0, 0.1) is 0 Å². The Kier molecular flexibility index (Phi) is 5.55. The van der Waals surface area contributed by atoms with Gasteiger partial charge in [0.1, 0.15) is 11.4 Å². The van der Waals surface area contributed by atoms with Gasteiger partial charge in [-0.05, 0) is 48.5 Å². The topological polar surface area (TPSA) is 76.1 Å². The predicted molar refractivity (Wildman–Crippen MR) is 103 cm³/mol. The predicted octanol–water partition coefficient (Wildman–Crippen LogP) is 4.79. The van der Waals surface area contributed by atoms with E-state index in [1.54, 1.807) is 49.6 Å². The van der Waals surface area contributed by atoms with E-state index in [1.165, 1.54) is 12.3 Å². The van der Waals surface area contributed by atoms with Crippen LogP contribution < -0.4 is 15.4 Å². The molecule has 6 nitrogen and oxygen atoms in total. The molecule has 0 saturated carbocycles. The van der Waals surface area contributed by atoms with Crippen molar-refractivity contribution >= 4 is 46.4 Å². The molecule has 0 bridgehead atoms. The molecule has 0 spiro atoms. The first-order valence-electron chi connectivity index (χ1n) is 7.55. The zero-order valence-corrected chi connectivity index (χ0v) is 15.2. The number of rotatable bonds is 5. The largest absolute Gasteiger partial charge is 0.497 e. The van der Waals surface area contributed by atoms with Crippen LogP contribution in [0.2, 0.25) is 10.0 Å². The van der Waals surface area contributed by atoms with Gasteiger partial charge in [0.2, 0.25) is 5.95 Å². The zero-order chi connectivity index (χ0) is 18.5. The van der Waals surface area contributed by atoms with Gasteiger partial charge < -0.3 is 15.4 Å². The van der Waals surface area contributed by atoms with E-state index >= 15 is 0 Å². The Morgan fingerprint density at radius 1 is 1.00 bits per heavy atom.